The number of carbonyl (C=O) groups is 2. The summed E-state index contributed by atoms with van der Waals surface area (Å²) in [7, 11) is -2.85. The zero-order chi connectivity index (χ0) is 34.8. The predicted octanol–water partition coefficient (Wildman–Crippen LogP) is 7.27. The van der Waals surface area contributed by atoms with Crippen molar-refractivity contribution in [3.63, 3.8) is 0 Å². The molecule has 258 valence electrons. The number of likely N-dealkylation sites (tertiary alicyclic amines) is 1. The largest absolute Gasteiger partial charge is 0.507 e. The number of ether oxygens (including phenoxy) is 1. The van der Waals surface area contributed by atoms with Gasteiger partial charge in [-0.05, 0) is 64.7 Å². The number of rotatable bonds is 12. The normalized spacial score (nSPS) is 22.9. The van der Waals surface area contributed by atoms with Gasteiger partial charge in [-0.15, -0.1) is 0 Å². The van der Waals surface area contributed by atoms with Crippen LogP contribution < -0.4 is 10.4 Å². The maximum atomic E-state index is 13.8. The first-order valence-corrected chi connectivity index (χ1v) is 19.9. The number of imide groups is 1. The van der Waals surface area contributed by atoms with Crippen molar-refractivity contribution in [3.05, 3.63) is 107 Å². The molecule has 0 unspecified atom stereocenters. The van der Waals surface area contributed by atoms with E-state index in [4.69, 9.17) is 9.16 Å². The number of fused-ring (bicyclic) bond motifs is 3. The van der Waals surface area contributed by atoms with Crippen LogP contribution in [0.15, 0.2) is 102 Å². The third kappa shape index (κ3) is 6.61. The molecule has 0 radical (unpaired) electrons. The first kappa shape index (κ1) is 35.1. The van der Waals surface area contributed by atoms with Crippen LogP contribution in [-0.4, -0.2) is 56.0 Å². The van der Waals surface area contributed by atoms with Gasteiger partial charge in [-0.1, -0.05) is 125 Å². The molecule has 6 nitrogen and oxygen atoms in total. The van der Waals surface area contributed by atoms with Crippen molar-refractivity contribution in [3.8, 4) is 5.75 Å². The molecule has 1 N–H and O–H groups in total. The Labute approximate surface area is 293 Å². The van der Waals surface area contributed by atoms with Gasteiger partial charge in [0.15, 0.2) is 0 Å². The van der Waals surface area contributed by atoms with Crippen molar-refractivity contribution in [1.29, 1.82) is 0 Å². The SMILES string of the molecule is CCCN1C(=O)[C@@H]2[C@@H](CC(CO[Si](c3ccccc3)(c3ccccc3)C(C)(C)C)=C3[C@@H](CC/C(=C/c4ccccc4O)CC)OC[C@@H]32)C1=O. The highest BCUT2D eigenvalue weighted by molar-refractivity contribution is 6.99. The van der Waals surface area contributed by atoms with Crippen molar-refractivity contribution < 1.29 is 23.9 Å². The third-order valence-corrected chi connectivity index (χ3v) is 15.9. The van der Waals surface area contributed by atoms with E-state index in [9.17, 15) is 14.7 Å². The molecule has 0 bridgehead atoms. The van der Waals surface area contributed by atoms with Crippen LogP contribution in [0.3, 0.4) is 0 Å². The van der Waals surface area contributed by atoms with Gasteiger partial charge in [-0.2, -0.15) is 0 Å². The van der Waals surface area contributed by atoms with E-state index in [0.29, 0.717) is 26.2 Å². The molecule has 2 fully saturated rings. The van der Waals surface area contributed by atoms with Gasteiger partial charge >= 0.3 is 0 Å². The van der Waals surface area contributed by atoms with Crippen LogP contribution in [0.1, 0.15) is 72.3 Å². The summed E-state index contributed by atoms with van der Waals surface area (Å²) in [6.07, 6.45) is 5.61. The van der Waals surface area contributed by atoms with E-state index in [1.54, 1.807) is 6.07 Å². The molecule has 4 atom stereocenters. The number of benzene rings is 3. The third-order valence-electron chi connectivity index (χ3n) is 10.9. The van der Waals surface area contributed by atoms with Crippen LogP contribution in [0.2, 0.25) is 5.04 Å². The van der Waals surface area contributed by atoms with Crippen molar-refractivity contribution >= 4 is 36.6 Å². The number of nitrogens with zero attached hydrogens (tertiary/aromatic N) is 1. The molecule has 7 heteroatoms. The first-order valence-electron chi connectivity index (χ1n) is 18.0. The summed E-state index contributed by atoms with van der Waals surface area (Å²) in [5.41, 5.74) is 4.35. The Hall–Kier alpha value is -3.78. The lowest BCUT2D eigenvalue weighted by Crippen LogP contribution is -2.66. The number of amides is 2. The second-order valence-corrected chi connectivity index (χ2v) is 19.2. The van der Waals surface area contributed by atoms with E-state index in [0.717, 1.165) is 36.8 Å². The van der Waals surface area contributed by atoms with Gasteiger partial charge in [0.05, 0.1) is 31.2 Å². The average Bonchev–Trinajstić information content (AvgIpc) is 3.63. The van der Waals surface area contributed by atoms with Gasteiger partial charge in [-0.3, -0.25) is 14.5 Å². The molecule has 2 saturated heterocycles. The predicted molar refractivity (Wildman–Crippen MR) is 198 cm³/mol. The maximum absolute atomic E-state index is 13.8. The highest BCUT2D eigenvalue weighted by atomic mass is 28.4. The van der Waals surface area contributed by atoms with Gasteiger partial charge in [0.1, 0.15) is 5.75 Å². The van der Waals surface area contributed by atoms with Gasteiger partial charge in [0.25, 0.3) is 8.32 Å². The molecule has 49 heavy (non-hydrogen) atoms. The highest BCUT2D eigenvalue weighted by Gasteiger charge is 2.57. The number of hydrogen-bond acceptors (Lipinski definition) is 5. The zero-order valence-electron chi connectivity index (χ0n) is 29.7. The van der Waals surface area contributed by atoms with E-state index in [2.05, 4.69) is 94.4 Å². The standard InChI is InChI=1S/C42H51NO5Si/c1-6-24-43-40(45)34-26-31(27-48-49(42(3,4)5,32-17-10-8-11-18-32)33-19-12-9-13-20-33)38-35(39(34)41(43)46)28-47-37(38)23-22-29(7-2)25-30-16-14-15-21-36(30)44/h8-21,25,34-35,37,39,44H,6-7,22-24,26-28H2,1-5H3/b29-25+/t34-,35+,37-,39-/m1/s1. The second-order valence-electron chi connectivity index (χ2n) is 14.9. The Morgan fingerprint density at radius 2 is 1.55 bits per heavy atom. The lowest BCUT2D eigenvalue weighted by Gasteiger charge is -2.44. The number of carbonyl (C=O) groups excluding carboxylic acids is 2. The number of phenols is 1. The molecule has 0 aromatic heterocycles. The van der Waals surface area contributed by atoms with Crippen molar-refractivity contribution in [1.82, 2.24) is 4.90 Å². The number of hydrogen-bond donors (Lipinski definition) is 1. The minimum Gasteiger partial charge on any atom is -0.507 e. The smallest absolute Gasteiger partial charge is 0.261 e. The van der Waals surface area contributed by atoms with Crippen molar-refractivity contribution in [2.45, 2.75) is 77.9 Å². The lowest BCUT2D eigenvalue weighted by molar-refractivity contribution is -0.140. The summed E-state index contributed by atoms with van der Waals surface area (Å²) in [6, 6.07) is 28.7. The maximum Gasteiger partial charge on any atom is 0.261 e. The number of allylic oxidation sites excluding steroid dienone is 1. The fraction of sp³-hybridized carbons (Fsp3) is 0.429. The summed E-state index contributed by atoms with van der Waals surface area (Å²) in [5.74, 6) is -0.689. The topological polar surface area (TPSA) is 76.1 Å². The monoisotopic (exact) mass is 677 g/mol. The highest BCUT2D eigenvalue weighted by Crippen LogP contribution is 2.50. The molecule has 1 aliphatic carbocycles. The van der Waals surface area contributed by atoms with Gasteiger partial charge < -0.3 is 14.3 Å². The first-order chi connectivity index (χ1) is 23.6. The van der Waals surface area contributed by atoms with Crippen LogP contribution in [0.5, 0.6) is 5.75 Å². The number of para-hydroxylation sites is 1. The van der Waals surface area contributed by atoms with Gasteiger partial charge in [0.2, 0.25) is 11.8 Å². The summed E-state index contributed by atoms with van der Waals surface area (Å²) >= 11 is 0. The lowest BCUT2D eigenvalue weighted by atomic mass is 9.69. The van der Waals surface area contributed by atoms with Crippen LogP contribution >= 0.6 is 0 Å². The Kier molecular flexibility index (Phi) is 10.4. The minimum atomic E-state index is -2.85. The van der Waals surface area contributed by atoms with E-state index in [1.807, 2.05) is 25.1 Å². The average molecular weight is 678 g/mol. The number of aromatic hydroxyl groups is 1. The Morgan fingerprint density at radius 1 is 0.918 bits per heavy atom. The van der Waals surface area contributed by atoms with E-state index < -0.39 is 8.32 Å². The quantitative estimate of drug-likeness (QED) is 0.124. The van der Waals surface area contributed by atoms with Crippen LogP contribution in [-0.2, 0) is 18.8 Å². The van der Waals surface area contributed by atoms with E-state index >= 15 is 0 Å². The molecule has 3 aliphatic rings. The van der Waals surface area contributed by atoms with E-state index in [-0.39, 0.29) is 46.5 Å². The Morgan fingerprint density at radius 3 is 2.14 bits per heavy atom. The Bertz CT molecular complexity index is 1670. The fourth-order valence-electron chi connectivity index (χ4n) is 8.57. The molecule has 0 spiro atoms. The molecular weight excluding hydrogens is 627 g/mol. The summed E-state index contributed by atoms with van der Waals surface area (Å²) in [6.45, 7) is 12.3. The summed E-state index contributed by atoms with van der Waals surface area (Å²) in [4.78, 5) is 29.1. The van der Waals surface area contributed by atoms with Gasteiger partial charge in [-0.25, -0.2) is 0 Å². The molecule has 0 saturated carbocycles. The minimum absolute atomic E-state index is 0.0377. The van der Waals surface area contributed by atoms with E-state index in [1.165, 1.54) is 26.4 Å². The molecule has 3 aromatic carbocycles. The summed E-state index contributed by atoms with van der Waals surface area (Å²) < 4.78 is 14.1. The molecule has 2 amide bonds. The fourth-order valence-corrected chi connectivity index (χ4v) is 13.1. The van der Waals surface area contributed by atoms with Crippen LogP contribution in [0.25, 0.3) is 6.08 Å². The molecule has 2 heterocycles. The zero-order valence-corrected chi connectivity index (χ0v) is 30.7. The van der Waals surface area contributed by atoms with Crippen LogP contribution in [0, 0.1) is 17.8 Å². The Balaban J connectivity index is 1.39. The molecular formula is C42H51NO5Si. The molecule has 2 aliphatic heterocycles. The number of phenolic OH excluding ortho intramolecular Hbond substituents is 1. The summed E-state index contributed by atoms with van der Waals surface area (Å²) in [5, 5.41) is 12.7. The second kappa shape index (κ2) is 14.6. The molecule has 3 aromatic rings. The van der Waals surface area contributed by atoms with Crippen LogP contribution in [0.4, 0.5) is 0 Å². The van der Waals surface area contributed by atoms with Crippen molar-refractivity contribution in [2.24, 2.45) is 17.8 Å². The molecule has 6 rings (SSSR count). The van der Waals surface area contributed by atoms with Crippen molar-refractivity contribution in [2.75, 3.05) is 19.8 Å². The van der Waals surface area contributed by atoms with Gasteiger partial charge in [0, 0.05) is 18.0 Å².